The Kier molecular flexibility index (Phi) is 2.24. The van der Waals surface area contributed by atoms with Crippen molar-refractivity contribution in [1.29, 1.82) is 0 Å². The number of rotatable bonds is 0. The summed E-state index contributed by atoms with van der Waals surface area (Å²) in [6.45, 7) is 1.07. The smallest absolute Gasteiger partial charge is 0.212 e. The summed E-state index contributed by atoms with van der Waals surface area (Å²) >= 11 is 0. The molecular weight excluding hydrogens is 208 g/mol. The van der Waals surface area contributed by atoms with Crippen LogP contribution in [0.15, 0.2) is 23.3 Å². The molecule has 4 heteroatoms. The number of fused-ring (bicyclic) bond motifs is 1. The maximum atomic E-state index is 11.8. The number of aliphatic hydroxyl groups excluding tert-OH is 1. The van der Waals surface area contributed by atoms with E-state index in [1.807, 2.05) is 0 Å². The van der Waals surface area contributed by atoms with Gasteiger partial charge in [-0.1, -0.05) is 0 Å². The zero-order valence-corrected chi connectivity index (χ0v) is 8.94. The van der Waals surface area contributed by atoms with Gasteiger partial charge in [0, 0.05) is 11.1 Å². The van der Waals surface area contributed by atoms with E-state index < -0.39 is 11.9 Å². The Bertz CT molecular complexity index is 388. The molecule has 1 atom stereocenters. The molecule has 3 rings (SSSR count). The first-order valence-electron chi connectivity index (χ1n) is 5.66. The topological polar surface area (TPSA) is 55.8 Å². The van der Waals surface area contributed by atoms with Crippen LogP contribution in [0.1, 0.15) is 19.3 Å². The number of allylic oxidation sites excluding steroid dienone is 1. The van der Waals surface area contributed by atoms with Gasteiger partial charge in [0.1, 0.15) is 0 Å². The molecular formula is C12H14O4. The number of hydrogen-bond donors (Lipinski definition) is 1. The summed E-state index contributed by atoms with van der Waals surface area (Å²) in [6.07, 6.45) is 4.76. The van der Waals surface area contributed by atoms with Crippen molar-refractivity contribution in [1.82, 2.24) is 0 Å². The predicted octanol–water partition coefficient (Wildman–Crippen LogP) is 0.710. The molecule has 0 aromatic carbocycles. The highest BCUT2D eigenvalue weighted by atomic mass is 16.7. The number of carbonyl (C=O) groups excluding carboxylic acids is 1. The van der Waals surface area contributed by atoms with Crippen LogP contribution in [0.4, 0.5) is 0 Å². The van der Waals surface area contributed by atoms with Crippen molar-refractivity contribution < 1.29 is 19.4 Å². The minimum absolute atomic E-state index is 0.105. The maximum Gasteiger partial charge on any atom is 0.212 e. The Hall–Kier alpha value is -0.970. The summed E-state index contributed by atoms with van der Waals surface area (Å²) in [4.78, 5) is 11.8. The fraction of sp³-hybridized carbons (Fsp3) is 0.583. The minimum Gasteiger partial charge on any atom is -0.388 e. The van der Waals surface area contributed by atoms with E-state index in [-0.39, 0.29) is 5.78 Å². The molecule has 1 saturated heterocycles. The van der Waals surface area contributed by atoms with Gasteiger partial charge in [-0.3, -0.25) is 4.79 Å². The van der Waals surface area contributed by atoms with Crippen LogP contribution in [0.2, 0.25) is 0 Å². The molecule has 1 heterocycles. The minimum atomic E-state index is -0.857. The summed E-state index contributed by atoms with van der Waals surface area (Å²) < 4.78 is 11.2. The average molecular weight is 222 g/mol. The number of carbonyl (C=O) groups is 1. The monoisotopic (exact) mass is 222 g/mol. The fourth-order valence-corrected chi connectivity index (χ4v) is 2.70. The molecule has 86 valence electrons. The van der Waals surface area contributed by atoms with Crippen LogP contribution < -0.4 is 0 Å². The molecule has 1 N–H and O–H groups in total. The Morgan fingerprint density at radius 3 is 2.88 bits per heavy atom. The third-order valence-corrected chi connectivity index (χ3v) is 3.42. The lowest BCUT2D eigenvalue weighted by Gasteiger charge is -2.35. The van der Waals surface area contributed by atoms with Crippen molar-refractivity contribution in [3.63, 3.8) is 0 Å². The lowest BCUT2D eigenvalue weighted by Crippen LogP contribution is -2.39. The van der Waals surface area contributed by atoms with Crippen molar-refractivity contribution in [3.05, 3.63) is 23.3 Å². The van der Waals surface area contributed by atoms with Crippen LogP contribution in [0.5, 0.6) is 0 Å². The largest absolute Gasteiger partial charge is 0.388 e. The van der Waals surface area contributed by atoms with Gasteiger partial charge in [0.05, 0.1) is 19.3 Å². The van der Waals surface area contributed by atoms with E-state index in [1.165, 1.54) is 6.08 Å². The van der Waals surface area contributed by atoms with Crippen molar-refractivity contribution in [3.8, 4) is 0 Å². The van der Waals surface area contributed by atoms with Gasteiger partial charge < -0.3 is 14.6 Å². The second-order valence-electron chi connectivity index (χ2n) is 4.36. The highest BCUT2D eigenvalue weighted by Gasteiger charge is 2.45. The third kappa shape index (κ3) is 1.30. The zero-order valence-electron chi connectivity index (χ0n) is 8.94. The van der Waals surface area contributed by atoms with Gasteiger partial charge in [0.15, 0.2) is 5.78 Å². The van der Waals surface area contributed by atoms with E-state index in [1.54, 1.807) is 6.08 Å². The van der Waals surface area contributed by atoms with Crippen molar-refractivity contribution in [2.75, 3.05) is 13.2 Å². The quantitative estimate of drug-likeness (QED) is 0.656. The first kappa shape index (κ1) is 10.2. The van der Waals surface area contributed by atoms with Crippen LogP contribution in [0.3, 0.4) is 0 Å². The highest BCUT2D eigenvalue weighted by molar-refractivity contribution is 6.07. The first-order valence-corrected chi connectivity index (χ1v) is 5.66. The van der Waals surface area contributed by atoms with Gasteiger partial charge in [0.2, 0.25) is 5.79 Å². The van der Waals surface area contributed by atoms with Crippen LogP contribution in [0, 0.1) is 0 Å². The van der Waals surface area contributed by atoms with Gasteiger partial charge >= 0.3 is 0 Å². The second kappa shape index (κ2) is 3.52. The van der Waals surface area contributed by atoms with E-state index in [0.29, 0.717) is 25.2 Å². The average Bonchev–Trinajstić information content (AvgIpc) is 2.74. The molecule has 2 aliphatic carbocycles. The summed E-state index contributed by atoms with van der Waals surface area (Å²) in [5.41, 5.74) is 1.33. The molecule has 3 aliphatic rings. The Balaban J connectivity index is 2.09. The third-order valence-electron chi connectivity index (χ3n) is 3.42. The van der Waals surface area contributed by atoms with Crippen LogP contribution in [-0.4, -0.2) is 36.0 Å². The summed E-state index contributed by atoms with van der Waals surface area (Å²) in [6, 6.07) is 0. The lowest BCUT2D eigenvalue weighted by atomic mass is 9.79. The molecule has 4 nitrogen and oxygen atoms in total. The van der Waals surface area contributed by atoms with E-state index in [0.717, 1.165) is 18.4 Å². The molecule has 0 saturated carbocycles. The predicted molar refractivity (Wildman–Crippen MR) is 55.7 cm³/mol. The molecule has 1 unspecified atom stereocenters. The molecule has 1 spiro atoms. The Morgan fingerprint density at radius 2 is 2.12 bits per heavy atom. The molecule has 1 aliphatic heterocycles. The van der Waals surface area contributed by atoms with E-state index in [9.17, 15) is 9.90 Å². The van der Waals surface area contributed by atoms with Crippen LogP contribution in [-0.2, 0) is 14.3 Å². The fourth-order valence-electron chi connectivity index (χ4n) is 2.70. The van der Waals surface area contributed by atoms with E-state index >= 15 is 0 Å². The van der Waals surface area contributed by atoms with Gasteiger partial charge in [-0.05, 0) is 31.4 Å². The zero-order chi connectivity index (χ0) is 11.2. The number of ketones is 1. The van der Waals surface area contributed by atoms with Crippen molar-refractivity contribution in [2.45, 2.75) is 31.2 Å². The molecule has 1 fully saturated rings. The molecule has 0 radical (unpaired) electrons. The van der Waals surface area contributed by atoms with Gasteiger partial charge in [-0.15, -0.1) is 0 Å². The van der Waals surface area contributed by atoms with E-state index in [2.05, 4.69) is 0 Å². The summed E-state index contributed by atoms with van der Waals surface area (Å²) in [5, 5.41) is 9.89. The van der Waals surface area contributed by atoms with Crippen LogP contribution >= 0.6 is 0 Å². The summed E-state index contributed by atoms with van der Waals surface area (Å²) in [7, 11) is 0. The standard InChI is InChI=1S/C12H14O4/c13-9-3-1-2-8-11(9)10(14)4-5-12(8)15-6-7-16-12/h4-5,9,13H,1-3,6-7H2. The van der Waals surface area contributed by atoms with Gasteiger partial charge in [-0.25, -0.2) is 0 Å². The highest BCUT2D eigenvalue weighted by Crippen LogP contribution is 2.41. The molecule has 0 aromatic rings. The van der Waals surface area contributed by atoms with Gasteiger partial charge in [0.25, 0.3) is 0 Å². The maximum absolute atomic E-state index is 11.8. The number of hydrogen-bond acceptors (Lipinski definition) is 4. The SMILES string of the molecule is O=C1C=CC2(OCCO2)C2=C1C(O)CCC2. The number of ether oxygens (including phenoxy) is 2. The van der Waals surface area contributed by atoms with Crippen molar-refractivity contribution in [2.24, 2.45) is 0 Å². The van der Waals surface area contributed by atoms with Crippen LogP contribution in [0.25, 0.3) is 0 Å². The summed E-state index contributed by atoms with van der Waals surface area (Å²) in [5.74, 6) is -0.961. The first-order chi connectivity index (χ1) is 7.73. The lowest BCUT2D eigenvalue weighted by molar-refractivity contribution is -0.117. The van der Waals surface area contributed by atoms with Crippen molar-refractivity contribution >= 4 is 5.78 Å². The molecule has 16 heavy (non-hydrogen) atoms. The normalized spacial score (nSPS) is 32.3. The number of aliphatic hydroxyl groups is 1. The van der Waals surface area contributed by atoms with E-state index in [4.69, 9.17) is 9.47 Å². The second-order valence-corrected chi connectivity index (χ2v) is 4.36. The van der Waals surface area contributed by atoms with Gasteiger partial charge in [-0.2, -0.15) is 0 Å². The molecule has 0 aromatic heterocycles. The Morgan fingerprint density at radius 1 is 1.38 bits per heavy atom. The molecule has 0 amide bonds. The Labute approximate surface area is 93.5 Å². The molecule has 0 bridgehead atoms.